The maximum absolute atomic E-state index is 13.2. The van der Waals surface area contributed by atoms with Gasteiger partial charge in [0.1, 0.15) is 5.56 Å². The summed E-state index contributed by atoms with van der Waals surface area (Å²) in [7, 11) is 1.53. The molecule has 130 valence electrons. The first-order valence-corrected chi connectivity index (χ1v) is 8.57. The van der Waals surface area contributed by atoms with Gasteiger partial charge in [0.15, 0.2) is 0 Å². The number of rotatable bonds is 2. The SMILES string of the molecule is COc1ncccc1C(=O)N1CCC[C@@]2(C)[C@H]1CCCN2C(C)=O. The van der Waals surface area contributed by atoms with Crippen molar-refractivity contribution in [2.45, 2.75) is 51.1 Å². The van der Waals surface area contributed by atoms with Gasteiger partial charge < -0.3 is 14.5 Å². The second-order valence-electron chi connectivity index (χ2n) is 6.85. The van der Waals surface area contributed by atoms with Gasteiger partial charge in [0, 0.05) is 26.2 Å². The van der Waals surface area contributed by atoms with Gasteiger partial charge in [-0.2, -0.15) is 0 Å². The molecule has 0 N–H and O–H groups in total. The van der Waals surface area contributed by atoms with Crippen LogP contribution in [0.5, 0.6) is 5.88 Å². The molecule has 2 amide bonds. The number of carbonyl (C=O) groups excluding carboxylic acids is 2. The van der Waals surface area contributed by atoms with E-state index in [4.69, 9.17) is 4.74 Å². The van der Waals surface area contributed by atoms with Gasteiger partial charge in [-0.25, -0.2) is 4.98 Å². The van der Waals surface area contributed by atoms with Gasteiger partial charge in [-0.15, -0.1) is 0 Å². The number of likely N-dealkylation sites (tertiary alicyclic amines) is 2. The third kappa shape index (κ3) is 2.64. The van der Waals surface area contributed by atoms with Crippen LogP contribution in [0.4, 0.5) is 0 Å². The van der Waals surface area contributed by atoms with Crippen LogP contribution in [-0.2, 0) is 4.79 Å². The van der Waals surface area contributed by atoms with E-state index in [2.05, 4.69) is 11.9 Å². The summed E-state index contributed by atoms with van der Waals surface area (Å²) >= 11 is 0. The van der Waals surface area contributed by atoms with Gasteiger partial charge in [0.25, 0.3) is 5.91 Å². The number of amides is 2. The molecule has 1 aromatic rings. The molecule has 0 spiro atoms. The summed E-state index contributed by atoms with van der Waals surface area (Å²) in [6.45, 7) is 5.24. The largest absolute Gasteiger partial charge is 0.480 e. The highest BCUT2D eigenvalue weighted by Crippen LogP contribution is 2.40. The Bertz CT molecular complexity index is 648. The predicted molar refractivity (Wildman–Crippen MR) is 89.9 cm³/mol. The lowest BCUT2D eigenvalue weighted by molar-refractivity contribution is -0.143. The van der Waals surface area contributed by atoms with Crippen molar-refractivity contribution in [1.29, 1.82) is 0 Å². The molecule has 2 saturated heterocycles. The summed E-state index contributed by atoms with van der Waals surface area (Å²) in [6.07, 6.45) is 5.30. The van der Waals surface area contributed by atoms with Gasteiger partial charge in [-0.05, 0) is 44.7 Å². The van der Waals surface area contributed by atoms with E-state index >= 15 is 0 Å². The highest BCUT2D eigenvalue weighted by molar-refractivity contribution is 5.96. The first-order chi connectivity index (χ1) is 11.5. The summed E-state index contributed by atoms with van der Waals surface area (Å²) in [5.74, 6) is 0.394. The molecule has 0 unspecified atom stereocenters. The fourth-order valence-corrected chi connectivity index (χ4v) is 4.38. The number of nitrogens with zero attached hydrogens (tertiary/aromatic N) is 3. The first kappa shape index (κ1) is 16.7. The molecule has 1 aromatic heterocycles. The van der Waals surface area contributed by atoms with Crippen LogP contribution in [0.3, 0.4) is 0 Å². The molecule has 0 aliphatic carbocycles. The normalized spacial score (nSPS) is 26.7. The van der Waals surface area contributed by atoms with E-state index in [9.17, 15) is 9.59 Å². The summed E-state index contributed by atoms with van der Waals surface area (Å²) in [6, 6.07) is 3.55. The van der Waals surface area contributed by atoms with E-state index in [1.165, 1.54) is 7.11 Å². The third-order valence-corrected chi connectivity index (χ3v) is 5.49. The molecule has 0 bridgehead atoms. The maximum atomic E-state index is 13.2. The Hall–Kier alpha value is -2.11. The molecule has 0 radical (unpaired) electrons. The fourth-order valence-electron chi connectivity index (χ4n) is 4.38. The van der Waals surface area contributed by atoms with Gasteiger partial charge in [0.2, 0.25) is 11.8 Å². The molecule has 3 rings (SSSR count). The Morgan fingerprint density at radius 2 is 2.12 bits per heavy atom. The van der Waals surface area contributed by atoms with E-state index in [0.29, 0.717) is 18.0 Å². The number of pyridine rings is 1. The van der Waals surface area contributed by atoms with Crippen LogP contribution in [-0.4, -0.2) is 58.4 Å². The van der Waals surface area contributed by atoms with Crippen LogP contribution in [0, 0.1) is 0 Å². The number of carbonyl (C=O) groups is 2. The summed E-state index contributed by atoms with van der Waals surface area (Å²) < 4.78 is 5.25. The minimum Gasteiger partial charge on any atom is -0.480 e. The number of hydrogen-bond donors (Lipinski definition) is 0. The minimum atomic E-state index is -0.284. The fraction of sp³-hybridized carbons (Fsp3) is 0.611. The van der Waals surface area contributed by atoms with Crippen LogP contribution < -0.4 is 4.74 Å². The van der Waals surface area contributed by atoms with Crippen molar-refractivity contribution in [2.75, 3.05) is 20.2 Å². The number of fused-ring (bicyclic) bond motifs is 1. The van der Waals surface area contributed by atoms with Gasteiger partial charge in [-0.1, -0.05) is 0 Å². The Kier molecular flexibility index (Phi) is 4.47. The summed E-state index contributed by atoms with van der Waals surface area (Å²) in [4.78, 5) is 33.3. The number of piperidine rings is 2. The molecule has 2 aliphatic heterocycles. The van der Waals surface area contributed by atoms with E-state index in [1.54, 1.807) is 25.3 Å². The lowest BCUT2D eigenvalue weighted by Crippen LogP contribution is -2.67. The molecule has 6 heteroatoms. The number of methoxy groups -OCH3 is 1. The molecule has 6 nitrogen and oxygen atoms in total. The monoisotopic (exact) mass is 331 g/mol. The number of aromatic nitrogens is 1. The molecule has 0 saturated carbocycles. The lowest BCUT2D eigenvalue weighted by Gasteiger charge is -2.56. The average molecular weight is 331 g/mol. The molecule has 2 aliphatic rings. The van der Waals surface area contributed by atoms with E-state index < -0.39 is 0 Å². The summed E-state index contributed by atoms with van der Waals surface area (Å²) in [5, 5.41) is 0. The van der Waals surface area contributed by atoms with Crippen molar-refractivity contribution in [1.82, 2.24) is 14.8 Å². The van der Waals surface area contributed by atoms with Crippen LogP contribution in [0.2, 0.25) is 0 Å². The van der Waals surface area contributed by atoms with Crippen molar-refractivity contribution in [3.63, 3.8) is 0 Å². The van der Waals surface area contributed by atoms with Crippen molar-refractivity contribution >= 4 is 11.8 Å². The second-order valence-corrected chi connectivity index (χ2v) is 6.85. The topological polar surface area (TPSA) is 62.7 Å². The van der Waals surface area contributed by atoms with Gasteiger partial charge >= 0.3 is 0 Å². The van der Waals surface area contributed by atoms with Crippen LogP contribution in [0.15, 0.2) is 18.3 Å². The molecule has 24 heavy (non-hydrogen) atoms. The number of hydrogen-bond acceptors (Lipinski definition) is 4. The predicted octanol–water partition coefficient (Wildman–Crippen LogP) is 2.10. The standard InChI is InChI=1S/C18H25N3O3/c1-13(22)21-12-5-8-15-18(21,2)9-6-11-20(15)17(23)14-7-4-10-19-16(14)24-3/h4,7,10,15H,5-6,8-9,11-12H2,1-3H3/t15-,18+/m1/s1. The zero-order valence-electron chi connectivity index (χ0n) is 14.6. The highest BCUT2D eigenvalue weighted by Gasteiger charge is 2.49. The average Bonchev–Trinajstić information content (AvgIpc) is 2.59. The van der Waals surface area contributed by atoms with Crippen molar-refractivity contribution < 1.29 is 14.3 Å². The molecule has 0 aromatic carbocycles. The van der Waals surface area contributed by atoms with Crippen LogP contribution in [0.25, 0.3) is 0 Å². The molecule has 3 heterocycles. The van der Waals surface area contributed by atoms with Crippen molar-refractivity contribution in [2.24, 2.45) is 0 Å². The van der Waals surface area contributed by atoms with E-state index in [-0.39, 0.29) is 23.4 Å². The van der Waals surface area contributed by atoms with E-state index in [0.717, 1.165) is 32.2 Å². The Balaban J connectivity index is 1.93. The van der Waals surface area contributed by atoms with Gasteiger partial charge in [0.05, 0.1) is 18.7 Å². The molecule has 2 atom stereocenters. The highest BCUT2D eigenvalue weighted by atomic mass is 16.5. The van der Waals surface area contributed by atoms with Crippen LogP contribution in [0.1, 0.15) is 49.9 Å². The maximum Gasteiger partial charge on any atom is 0.259 e. The van der Waals surface area contributed by atoms with Crippen molar-refractivity contribution in [3.8, 4) is 5.88 Å². The van der Waals surface area contributed by atoms with Crippen LogP contribution >= 0.6 is 0 Å². The Morgan fingerprint density at radius 3 is 2.83 bits per heavy atom. The van der Waals surface area contributed by atoms with E-state index in [1.807, 2.05) is 9.80 Å². The Labute approximate surface area is 142 Å². The molecular weight excluding hydrogens is 306 g/mol. The quantitative estimate of drug-likeness (QED) is 0.832. The molecule has 2 fully saturated rings. The number of ether oxygens (including phenoxy) is 1. The van der Waals surface area contributed by atoms with Crippen molar-refractivity contribution in [3.05, 3.63) is 23.9 Å². The first-order valence-electron chi connectivity index (χ1n) is 8.57. The zero-order chi connectivity index (χ0) is 17.3. The summed E-state index contributed by atoms with van der Waals surface area (Å²) in [5.41, 5.74) is 0.206. The smallest absolute Gasteiger partial charge is 0.259 e. The zero-order valence-corrected chi connectivity index (χ0v) is 14.6. The Morgan fingerprint density at radius 1 is 1.33 bits per heavy atom. The molecular formula is C18H25N3O3. The van der Waals surface area contributed by atoms with Gasteiger partial charge in [-0.3, -0.25) is 9.59 Å². The second kappa shape index (κ2) is 6.42. The lowest BCUT2D eigenvalue weighted by atomic mass is 9.76. The minimum absolute atomic E-state index is 0.0429. The third-order valence-electron chi connectivity index (χ3n) is 5.49.